The Morgan fingerprint density at radius 3 is 2.46 bits per heavy atom. The summed E-state index contributed by atoms with van der Waals surface area (Å²) >= 11 is 0. The van der Waals surface area contributed by atoms with E-state index in [-0.39, 0.29) is 35.6 Å². The maximum Gasteiger partial charge on any atom is 0.410 e. The minimum Gasteiger partial charge on any atom is -0.477 e. The van der Waals surface area contributed by atoms with Gasteiger partial charge in [0.05, 0.1) is 23.6 Å². The number of piperazine rings is 1. The zero-order valence-electron chi connectivity index (χ0n) is 28.0. The van der Waals surface area contributed by atoms with Crippen LogP contribution in [-0.4, -0.2) is 90.2 Å². The molecule has 10 nitrogen and oxygen atoms in total. The second kappa shape index (κ2) is 14.5. The van der Waals surface area contributed by atoms with E-state index in [1.54, 1.807) is 11.1 Å². The fraction of sp³-hybridized carbons (Fsp3) is 0.500. The molecule has 2 saturated heterocycles. The number of aromatic nitrogens is 2. The summed E-state index contributed by atoms with van der Waals surface area (Å²) in [6.07, 6.45) is 2.66. The van der Waals surface area contributed by atoms with Crippen molar-refractivity contribution in [2.24, 2.45) is 5.41 Å². The molecule has 10 heteroatoms. The van der Waals surface area contributed by atoms with Crippen molar-refractivity contribution in [1.82, 2.24) is 25.1 Å². The van der Waals surface area contributed by atoms with Gasteiger partial charge in [0.25, 0.3) is 5.91 Å². The minimum absolute atomic E-state index is 0.0275. The first kappa shape index (κ1) is 33.2. The van der Waals surface area contributed by atoms with Crippen molar-refractivity contribution in [3.63, 3.8) is 0 Å². The summed E-state index contributed by atoms with van der Waals surface area (Å²) in [7, 11) is 2.06. The SMILES string of the molecule is CCOc1ncccc1-c1ccc(N2CCN(C(=O)OC(c3ccccc3)C(C)(C)C)C[C@H]2CC)c(C(=O)N[C@@H]2CCN(C)C2)n1. The molecule has 0 radical (unpaired) electrons. The number of ether oxygens (including phenoxy) is 2. The van der Waals surface area contributed by atoms with Crippen LogP contribution < -0.4 is 15.0 Å². The van der Waals surface area contributed by atoms with Gasteiger partial charge in [-0.2, -0.15) is 0 Å². The molecule has 246 valence electrons. The van der Waals surface area contributed by atoms with Gasteiger partial charge in [0, 0.05) is 49.9 Å². The number of rotatable bonds is 9. The predicted molar refractivity (Wildman–Crippen MR) is 180 cm³/mol. The van der Waals surface area contributed by atoms with E-state index < -0.39 is 0 Å². The molecular formula is C36H48N6O4. The van der Waals surface area contributed by atoms with Crippen LogP contribution >= 0.6 is 0 Å². The highest BCUT2D eigenvalue weighted by Crippen LogP contribution is 2.37. The first-order valence-electron chi connectivity index (χ1n) is 16.4. The fourth-order valence-electron chi connectivity index (χ4n) is 6.38. The summed E-state index contributed by atoms with van der Waals surface area (Å²) in [6.45, 7) is 14.0. The molecule has 5 rings (SSSR count). The first-order valence-corrected chi connectivity index (χ1v) is 16.4. The van der Waals surface area contributed by atoms with Crippen LogP contribution in [-0.2, 0) is 4.74 Å². The molecule has 0 spiro atoms. The molecule has 46 heavy (non-hydrogen) atoms. The van der Waals surface area contributed by atoms with Gasteiger partial charge in [-0.1, -0.05) is 58.0 Å². The zero-order chi connectivity index (χ0) is 32.8. The van der Waals surface area contributed by atoms with E-state index in [0.29, 0.717) is 43.5 Å². The number of anilines is 1. The monoisotopic (exact) mass is 628 g/mol. The third-order valence-corrected chi connectivity index (χ3v) is 8.77. The van der Waals surface area contributed by atoms with Crippen LogP contribution in [0.15, 0.2) is 60.8 Å². The second-order valence-electron chi connectivity index (χ2n) is 13.3. The smallest absolute Gasteiger partial charge is 0.410 e. The molecule has 2 fully saturated rings. The van der Waals surface area contributed by atoms with Gasteiger partial charge in [0.2, 0.25) is 5.88 Å². The summed E-state index contributed by atoms with van der Waals surface area (Å²) in [6, 6.07) is 17.6. The molecule has 2 aliphatic rings. The van der Waals surface area contributed by atoms with Gasteiger partial charge in [-0.15, -0.1) is 0 Å². The van der Waals surface area contributed by atoms with Crippen molar-refractivity contribution in [3.8, 4) is 17.1 Å². The van der Waals surface area contributed by atoms with Gasteiger partial charge >= 0.3 is 6.09 Å². The molecule has 0 aliphatic carbocycles. The molecule has 0 bridgehead atoms. The van der Waals surface area contributed by atoms with E-state index in [1.165, 1.54) is 0 Å². The number of carbonyl (C=O) groups excluding carboxylic acids is 2. The van der Waals surface area contributed by atoms with E-state index in [4.69, 9.17) is 14.5 Å². The number of carbonyl (C=O) groups is 2. The molecule has 1 aromatic carbocycles. The van der Waals surface area contributed by atoms with E-state index in [2.05, 4.69) is 54.8 Å². The predicted octanol–water partition coefficient (Wildman–Crippen LogP) is 5.80. The molecule has 2 aliphatic heterocycles. The summed E-state index contributed by atoms with van der Waals surface area (Å²) in [4.78, 5) is 43.1. The second-order valence-corrected chi connectivity index (χ2v) is 13.3. The lowest BCUT2D eigenvalue weighted by Crippen LogP contribution is -2.55. The maximum atomic E-state index is 13.9. The highest BCUT2D eigenvalue weighted by atomic mass is 16.6. The van der Waals surface area contributed by atoms with Gasteiger partial charge in [0.15, 0.2) is 5.69 Å². The van der Waals surface area contributed by atoms with E-state index in [1.807, 2.05) is 61.5 Å². The van der Waals surface area contributed by atoms with Crippen molar-refractivity contribution in [2.45, 2.75) is 65.6 Å². The number of nitrogens with one attached hydrogen (secondary N) is 1. The van der Waals surface area contributed by atoms with E-state index in [9.17, 15) is 9.59 Å². The Labute approximate surface area is 273 Å². The lowest BCUT2D eigenvalue weighted by Gasteiger charge is -2.43. The van der Waals surface area contributed by atoms with Gasteiger partial charge in [-0.05, 0) is 63.2 Å². The lowest BCUT2D eigenvalue weighted by molar-refractivity contribution is 0.00562. The third-order valence-electron chi connectivity index (χ3n) is 8.77. The topological polar surface area (TPSA) is 100 Å². The van der Waals surface area contributed by atoms with Crippen LogP contribution in [0, 0.1) is 5.41 Å². The number of hydrogen-bond donors (Lipinski definition) is 1. The largest absolute Gasteiger partial charge is 0.477 e. The highest BCUT2D eigenvalue weighted by molar-refractivity contribution is 5.99. The van der Waals surface area contributed by atoms with E-state index in [0.717, 1.165) is 42.7 Å². The average Bonchev–Trinajstić information content (AvgIpc) is 3.47. The number of pyridine rings is 2. The molecule has 0 saturated carbocycles. The van der Waals surface area contributed by atoms with Crippen molar-refractivity contribution in [3.05, 3.63) is 72.1 Å². The highest BCUT2D eigenvalue weighted by Gasteiger charge is 2.36. The Morgan fingerprint density at radius 2 is 1.78 bits per heavy atom. The average molecular weight is 629 g/mol. The van der Waals surface area contributed by atoms with Crippen LogP contribution in [0.1, 0.15) is 69.6 Å². The molecule has 2 amide bonds. The van der Waals surface area contributed by atoms with Crippen LogP contribution in [0.5, 0.6) is 5.88 Å². The molecule has 1 unspecified atom stereocenters. The fourth-order valence-corrected chi connectivity index (χ4v) is 6.38. The Kier molecular flexibility index (Phi) is 10.5. The van der Waals surface area contributed by atoms with Crippen molar-refractivity contribution in [1.29, 1.82) is 0 Å². The molecule has 2 aromatic heterocycles. The number of amides is 2. The molecule has 4 heterocycles. The van der Waals surface area contributed by atoms with Crippen molar-refractivity contribution < 1.29 is 19.1 Å². The third kappa shape index (κ3) is 7.61. The summed E-state index contributed by atoms with van der Waals surface area (Å²) in [5.74, 6) is 0.281. The van der Waals surface area contributed by atoms with E-state index >= 15 is 0 Å². The molecular weight excluding hydrogens is 580 g/mol. The lowest BCUT2D eigenvalue weighted by atomic mass is 9.84. The Hall–Kier alpha value is -4.18. The number of benzene rings is 1. The number of likely N-dealkylation sites (N-methyl/N-ethyl adjacent to an activating group) is 1. The first-order chi connectivity index (χ1) is 22.1. The molecule has 3 atom stereocenters. The number of nitrogens with zero attached hydrogens (tertiary/aromatic N) is 5. The maximum absolute atomic E-state index is 13.9. The van der Waals surface area contributed by atoms with Crippen LogP contribution in [0.2, 0.25) is 0 Å². The zero-order valence-corrected chi connectivity index (χ0v) is 28.0. The number of hydrogen-bond acceptors (Lipinski definition) is 8. The summed E-state index contributed by atoms with van der Waals surface area (Å²) in [5.41, 5.74) is 3.18. The van der Waals surface area contributed by atoms with Crippen LogP contribution in [0.4, 0.5) is 10.5 Å². The van der Waals surface area contributed by atoms with Crippen molar-refractivity contribution in [2.75, 3.05) is 51.3 Å². The summed E-state index contributed by atoms with van der Waals surface area (Å²) < 4.78 is 12.0. The Bertz CT molecular complexity index is 1490. The Morgan fingerprint density at radius 1 is 1.00 bits per heavy atom. The number of likely N-dealkylation sites (tertiary alicyclic amines) is 1. The van der Waals surface area contributed by atoms with Crippen LogP contribution in [0.25, 0.3) is 11.3 Å². The van der Waals surface area contributed by atoms with Gasteiger partial charge in [-0.25, -0.2) is 14.8 Å². The summed E-state index contributed by atoms with van der Waals surface area (Å²) in [5, 5.41) is 3.23. The van der Waals surface area contributed by atoms with Gasteiger partial charge in [-0.3, -0.25) is 4.79 Å². The normalized spacial score (nSPS) is 19.5. The Balaban J connectivity index is 1.41. The molecule has 1 N–H and O–H groups in total. The van der Waals surface area contributed by atoms with Gasteiger partial charge in [0.1, 0.15) is 6.10 Å². The quantitative estimate of drug-likeness (QED) is 0.318. The van der Waals surface area contributed by atoms with Gasteiger partial charge < -0.3 is 29.5 Å². The minimum atomic E-state index is -0.380. The standard InChI is InChI=1S/C36H48N6O4/c1-7-27-24-41(35(44)46-32(36(3,4)5)25-13-10-9-11-14-25)21-22-42(27)30-17-16-29(28-15-12-19-37-34(28)45-8-2)39-31(30)33(43)38-26-18-20-40(6)23-26/h9-17,19,26-27,32H,7-8,18,20-24H2,1-6H3,(H,38,43)/t26-,27-,32?/m1/s1. The van der Waals surface area contributed by atoms with Crippen LogP contribution in [0.3, 0.4) is 0 Å². The van der Waals surface area contributed by atoms with Crippen molar-refractivity contribution >= 4 is 17.7 Å². The molecule has 3 aromatic rings.